The molecular weight excluding hydrogens is 283 g/mol. The van der Waals surface area contributed by atoms with Crippen LogP contribution in [0.15, 0.2) is 48.5 Å². The number of Topliss-reactive ketones (excluding diaryl/α,β-unsaturated/α-hetero) is 1. The molecule has 0 saturated carbocycles. The molecule has 0 aliphatic heterocycles. The van der Waals surface area contributed by atoms with Crippen LogP contribution in [0.25, 0.3) is 0 Å². The van der Waals surface area contributed by atoms with E-state index in [0.29, 0.717) is 15.8 Å². The lowest BCUT2D eigenvalue weighted by molar-refractivity contribution is -0.120. The van der Waals surface area contributed by atoms with Crippen molar-refractivity contribution in [1.82, 2.24) is 0 Å². The molecule has 0 unspecified atom stereocenters. The Morgan fingerprint density at radius 1 is 1.05 bits per heavy atom. The van der Waals surface area contributed by atoms with Gasteiger partial charge < -0.3 is 4.74 Å². The van der Waals surface area contributed by atoms with Crippen molar-refractivity contribution >= 4 is 29.0 Å². The number of hydrogen-bond acceptors (Lipinski definition) is 2. The first kappa shape index (κ1) is 13.9. The van der Waals surface area contributed by atoms with Crippen molar-refractivity contribution in [3.05, 3.63) is 64.1 Å². The molecule has 4 heteroatoms. The Morgan fingerprint density at radius 3 is 2.47 bits per heavy atom. The minimum Gasteiger partial charge on any atom is -0.486 e. The smallest absolute Gasteiger partial charge is 0.174 e. The number of rotatable bonds is 5. The summed E-state index contributed by atoms with van der Waals surface area (Å²) in [5.74, 6) is 0.645. The van der Waals surface area contributed by atoms with Gasteiger partial charge in [-0.3, -0.25) is 4.79 Å². The Hall–Kier alpha value is -1.51. The number of ether oxygens (including phenoxy) is 1. The van der Waals surface area contributed by atoms with Crippen LogP contribution in [0, 0.1) is 0 Å². The molecule has 98 valence electrons. The van der Waals surface area contributed by atoms with Crippen LogP contribution in [0.1, 0.15) is 5.56 Å². The fourth-order valence-corrected chi connectivity index (χ4v) is 2.08. The van der Waals surface area contributed by atoms with Gasteiger partial charge in [0.05, 0.1) is 0 Å². The van der Waals surface area contributed by atoms with E-state index in [1.807, 2.05) is 30.3 Å². The van der Waals surface area contributed by atoms with Crippen LogP contribution in [0.4, 0.5) is 0 Å². The number of ketones is 1. The van der Waals surface area contributed by atoms with Crippen molar-refractivity contribution in [1.29, 1.82) is 0 Å². The van der Waals surface area contributed by atoms with Gasteiger partial charge in [0.2, 0.25) is 0 Å². The van der Waals surface area contributed by atoms with Gasteiger partial charge >= 0.3 is 0 Å². The van der Waals surface area contributed by atoms with Gasteiger partial charge in [-0.15, -0.1) is 0 Å². The molecule has 0 bridgehead atoms. The number of para-hydroxylation sites is 1. The molecule has 0 fully saturated rings. The van der Waals surface area contributed by atoms with E-state index in [9.17, 15) is 4.79 Å². The van der Waals surface area contributed by atoms with Crippen molar-refractivity contribution in [2.45, 2.75) is 6.42 Å². The molecule has 0 spiro atoms. The molecule has 0 aliphatic carbocycles. The summed E-state index contributed by atoms with van der Waals surface area (Å²) in [6.07, 6.45) is 0.239. The highest BCUT2D eigenvalue weighted by Crippen LogP contribution is 2.21. The third-order valence-corrected chi connectivity index (χ3v) is 3.13. The van der Waals surface area contributed by atoms with Crippen LogP contribution in [-0.2, 0) is 11.2 Å². The van der Waals surface area contributed by atoms with E-state index in [-0.39, 0.29) is 18.8 Å². The summed E-state index contributed by atoms with van der Waals surface area (Å²) in [4.78, 5) is 11.8. The van der Waals surface area contributed by atoms with Gasteiger partial charge in [-0.05, 0) is 29.8 Å². The number of carbonyl (C=O) groups excluding carboxylic acids is 1. The predicted octanol–water partition coefficient (Wildman–Crippen LogP) is 4.18. The molecule has 0 N–H and O–H groups in total. The largest absolute Gasteiger partial charge is 0.486 e. The first-order valence-corrected chi connectivity index (χ1v) is 6.54. The van der Waals surface area contributed by atoms with Crippen molar-refractivity contribution in [3.63, 3.8) is 0 Å². The summed E-state index contributed by atoms with van der Waals surface area (Å²) >= 11 is 11.8. The summed E-state index contributed by atoms with van der Waals surface area (Å²) in [7, 11) is 0. The normalized spacial score (nSPS) is 10.2. The minimum atomic E-state index is -0.0342. The Morgan fingerprint density at radius 2 is 1.79 bits per heavy atom. The number of benzene rings is 2. The SMILES string of the molecule is O=C(COc1ccccc1)Cc1ccc(Cl)cc1Cl. The molecule has 0 atom stereocenters. The summed E-state index contributed by atoms with van der Waals surface area (Å²) < 4.78 is 5.38. The molecule has 2 aromatic rings. The van der Waals surface area contributed by atoms with Gasteiger partial charge in [-0.1, -0.05) is 47.5 Å². The zero-order valence-corrected chi connectivity index (χ0v) is 11.6. The highest BCUT2D eigenvalue weighted by Gasteiger charge is 2.08. The zero-order valence-electron chi connectivity index (χ0n) is 10.1. The lowest BCUT2D eigenvalue weighted by Crippen LogP contribution is -2.14. The van der Waals surface area contributed by atoms with Crippen LogP contribution >= 0.6 is 23.2 Å². The molecule has 2 nitrogen and oxygen atoms in total. The molecule has 2 aromatic carbocycles. The molecule has 19 heavy (non-hydrogen) atoms. The minimum absolute atomic E-state index is 0.0307. The first-order valence-electron chi connectivity index (χ1n) is 5.78. The van der Waals surface area contributed by atoms with E-state index in [0.717, 1.165) is 5.56 Å². The van der Waals surface area contributed by atoms with Crippen LogP contribution < -0.4 is 4.74 Å². The quantitative estimate of drug-likeness (QED) is 0.827. The summed E-state index contributed by atoms with van der Waals surface area (Å²) in [5.41, 5.74) is 0.757. The number of hydrogen-bond donors (Lipinski definition) is 0. The molecule has 0 aliphatic rings. The topological polar surface area (TPSA) is 26.3 Å². The molecule has 0 aromatic heterocycles. The second-order valence-corrected chi connectivity index (χ2v) is 4.90. The maximum atomic E-state index is 11.8. The van der Waals surface area contributed by atoms with E-state index in [1.54, 1.807) is 18.2 Å². The maximum absolute atomic E-state index is 11.8. The van der Waals surface area contributed by atoms with Crippen LogP contribution in [0.3, 0.4) is 0 Å². The van der Waals surface area contributed by atoms with E-state index >= 15 is 0 Å². The van der Waals surface area contributed by atoms with Crippen LogP contribution in [-0.4, -0.2) is 12.4 Å². The van der Waals surface area contributed by atoms with Gasteiger partial charge in [0.25, 0.3) is 0 Å². The molecule has 0 saturated heterocycles. The third kappa shape index (κ3) is 4.27. The maximum Gasteiger partial charge on any atom is 0.174 e. The Balaban J connectivity index is 1.91. The van der Waals surface area contributed by atoms with Gasteiger partial charge in [0, 0.05) is 16.5 Å². The first-order chi connectivity index (χ1) is 9.15. The average molecular weight is 295 g/mol. The van der Waals surface area contributed by atoms with Crippen molar-refractivity contribution in [3.8, 4) is 5.75 Å². The lowest BCUT2D eigenvalue weighted by atomic mass is 10.1. The van der Waals surface area contributed by atoms with E-state index in [1.165, 1.54) is 0 Å². The predicted molar refractivity (Wildman–Crippen MR) is 77.1 cm³/mol. The Kier molecular flexibility index (Phi) is 4.83. The third-order valence-electron chi connectivity index (χ3n) is 2.55. The summed E-state index contributed by atoms with van der Waals surface area (Å²) in [5, 5.41) is 1.06. The standard InChI is InChI=1S/C15H12Cl2O2/c16-12-7-6-11(15(17)9-12)8-13(18)10-19-14-4-2-1-3-5-14/h1-7,9H,8,10H2. The Bertz CT molecular complexity index is 568. The highest BCUT2D eigenvalue weighted by atomic mass is 35.5. The fourth-order valence-electron chi connectivity index (χ4n) is 1.61. The monoisotopic (exact) mass is 294 g/mol. The fraction of sp³-hybridized carbons (Fsp3) is 0.133. The second kappa shape index (κ2) is 6.60. The van der Waals surface area contributed by atoms with Gasteiger partial charge in [-0.25, -0.2) is 0 Å². The highest BCUT2D eigenvalue weighted by molar-refractivity contribution is 6.35. The molecule has 2 rings (SSSR count). The van der Waals surface area contributed by atoms with E-state index in [4.69, 9.17) is 27.9 Å². The molecule has 0 radical (unpaired) electrons. The van der Waals surface area contributed by atoms with Crippen molar-refractivity contribution < 1.29 is 9.53 Å². The molecular formula is C15H12Cl2O2. The van der Waals surface area contributed by atoms with Gasteiger partial charge in [0.15, 0.2) is 5.78 Å². The zero-order chi connectivity index (χ0) is 13.7. The van der Waals surface area contributed by atoms with Crippen LogP contribution in [0.5, 0.6) is 5.75 Å². The van der Waals surface area contributed by atoms with Crippen molar-refractivity contribution in [2.75, 3.05) is 6.61 Å². The summed E-state index contributed by atoms with van der Waals surface area (Å²) in [6, 6.07) is 14.3. The average Bonchev–Trinajstić information content (AvgIpc) is 2.41. The second-order valence-electron chi connectivity index (χ2n) is 4.05. The van der Waals surface area contributed by atoms with Crippen LogP contribution in [0.2, 0.25) is 10.0 Å². The number of halogens is 2. The Labute approximate surface area is 121 Å². The van der Waals surface area contributed by atoms with E-state index in [2.05, 4.69) is 0 Å². The summed E-state index contributed by atoms with van der Waals surface area (Å²) in [6.45, 7) is 0.0307. The molecule has 0 amide bonds. The van der Waals surface area contributed by atoms with Crippen molar-refractivity contribution in [2.24, 2.45) is 0 Å². The lowest BCUT2D eigenvalue weighted by Gasteiger charge is -2.06. The number of carbonyl (C=O) groups is 1. The van der Waals surface area contributed by atoms with Gasteiger partial charge in [-0.2, -0.15) is 0 Å². The van der Waals surface area contributed by atoms with E-state index < -0.39 is 0 Å². The molecule has 0 heterocycles. The van der Waals surface area contributed by atoms with Gasteiger partial charge in [0.1, 0.15) is 12.4 Å².